The van der Waals surface area contributed by atoms with Gasteiger partial charge in [0.2, 0.25) is 0 Å². The van der Waals surface area contributed by atoms with Gasteiger partial charge in [-0.15, -0.1) is 0 Å². The Morgan fingerprint density at radius 1 is 0.667 bits per heavy atom. The van der Waals surface area contributed by atoms with Crippen molar-refractivity contribution in [2.24, 2.45) is 0 Å². The summed E-state index contributed by atoms with van der Waals surface area (Å²) in [7, 11) is 1.31. The highest BCUT2D eigenvalue weighted by Crippen LogP contribution is 2.31. The van der Waals surface area contributed by atoms with E-state index in [4.69, 9.17) is 16.3 Å². The predicted octanol–water partition coefficient (Wildman–Crippen LogP) is 5.31. The van der Waals surface area contributed by atoms with Gasteiger partial charge in [0.1, 0.15) is 0 Å². The summed E-state index contributed by atoms with van der Waals surface area (Å²) >= 11 is 5.95. The maximum absolute atomic E-state index is 13.4. The summed E-state index contributed by atoms with van der Waals surface area (Å²) in [6.45, 7) is 0. The zero-order chi connectivity index (χ0) is 19.2. The molecule has 3 rings (SSSR count). The van der Waals surface area contributed by atoms with E-state index in [1.807, 2.05) is 36.4 Å². The lowest BCUT2D eigenvalue weighted by Gasteiger charge is -2.14. The molecule has 0 atom stereocenters. The first-order valence-corrected chi connectivity index (χ1v) is 8.73. The molecule has 3 nitrogen and oxygen atoms in total. The lowest BCUT2D eigenvalue weighted by Crippen LogP contribution is -2.12. The molecule has 27 heavy (non-hydrogen) atoms. The Bertz CT molecular complexity index is 975. The maximum Gasteiger partial charge on any atom is 0.339 e. The molecule has 0 bridgehead atoms. The molecule has 0 spiro atoms. The molecule has 0 aliphatic heterocycles. The van der Waals surface area contributed by atoms with E-state index in [0.717, 1.165) is 0 Å². The first kappa shape index (κ1) is 18.6. The van der Waals surface area contributed by atoms with Crippen molar-refractivity contribution in [1.29, 1.82) is 0 Å². The maximum atomic E-state index is 13.4. The smallest absolute Gasteiger partial charge is 0.339 e. The van der Waals surface area contributed by atoms with Gasteiger partial charge in [0.15, 0.2) is 5.78 Å². The molecule has 0 aromatic heterocycles. The number of ketones is 1. The van der Waals surface area contributed by atoms with Gasteiger partial charge in [-0.2, -0.15) is 0 Å². The van der Waals surface area contributed by atoms with E-state index in [9.17, 15) is 9.59 Å². The van der Waals surface area contributed by atoms with Gasteiger partial charge in [0.05, 0.1) is 12.7 Å². The fraction of sp³-hybridized carbons (Fsp3) is 0.0435. The number of methoxy groups -OCH3 is 1. The van der Waals surface area contributed by atoms with Crippen LogP contribution in [-0.2, 0) is 9.53 Å². The van der Waals surface area contributed by atoms with Crippen molar-refractivity contribution >= 4 is 34.5 Å². The predicted molar refractivity (Wildman–Crippen MR) is 107 cm³/mol. The van der Waals surface area contributed by atoms with Crippen LogP contribution in [0.5, 0.6) is 0 Å². The van der Waals surface area contributed by atoms with Crippen LogP contribution >= 0.6 is 11.6 Å². The highest BCUT2D eigenvalue weighted by atomic mass is 35.5. The van der Waals surface area contributed by atoms with Crippen LogP contribution < -0.4 is 0 Å². The summed E-state index contributed by atoms with van der Waals surface area (Å²) in [5.41, 5.74) is 2.21. The Morgan fingerprint density at radius 3 is 1.63 bits per heavy atom. The highest BCUT2D eigenvalue weighted by molar-refractivity contribution is 6.42. The molecule has 0 aliphatic rings. The number of hydrogen-bond donors (Lipinski definition) is 0. The zero-order valence-corrected chi connectivity index (χ0v) is 15.4. The number of hydrogen-bond acceptors (Lipinski definition) is 3. The standard InChI is InChI=1S/C23H17ClO3/c1-27-23(26)21(17-10-6-3-7-11-17)20(16-8-4-2-5-9-16)22(25)18-12-14-19(24)15-13-18/h2-15H,1H3/b21-20-. The van der Waals surface area contributed by atoms with Gasteiger partial charge in [0.25, 0.3) is 0 Å². The van der Waals surface area contributed by atoms with E-state index >= 15 is 0 Å². The summed E-state index contributed by atoms with van der Waals surface area (Å²) in [5, 5.41) is 0.535. The summed E-state index contributed by atoms with van der Waals surface area (Å²) < 4.78 is 5.00. The number of carbonyl (C=O) groups excluding carboxylic acids is 2. The average molecular weight is 377 g/mol. The van der Waals surface area contributed by atoms with Crippen LogP contribution in [0.4, 0.5) is 0 Å². The van der Waals surface area contributed by atoms with Crippen molar-refractivity contribution in [3.8, 4) is 0 Å². The van der Waals surface area contributed by atoms with Crippen molar-refractivity contribution in [3.05, 3.63) is 107 Å². The summed E-state index contributed by atoms with van der Waals surface area (Å²) in [4.78, 5) is 26.0. The SMILES string of the molecule is COC(=O)/C(=C(\C(=O)c1ccc(Cl)cc1)c1ccccc1)c1ccccc1. The monoisotopic (exact) mass is 376 g/mol. The topological polar surface area (TPSA) is 43.4 Å². The van der Waals surface area contributed by atoms with Gasteiger partial charge in [0, 0.05) is 16.2 Å². The Labute approximate surface area is 162 Å². The van der Waals surface area contributed by atoms with E-state index in [2.05, 4.69) is 0 Å². The van der Waals surface area contributed by atoms with E-state index in [-0.39, 0.29) is 16.9 Å². The Morgan fingerprint density at radius 2 is 1.15 bits per heavy atom. The number of halogens is 1. The highest BCUT2D eigenvalue weighted by Gasteiger charge is 2.25. The summed E-state index contributed by atoms with van der Waals surface area (Å²) in [6, 6.07) is 24.7. The summed E-state index contributed by atoms with van der Waals surface area (Å²) in [6.07, 6.45) is 0. The van der Waals surface area contributed by atoms with Gasteiger partial charge in [-0.1, -0.05) is 72.3 Å². The van der Waals surface area contributed by atoms with Gasteiger partial charge in [-0.3, -0.25) is 4.79 Å². The molecule has 0 saturated heterocycles. The minimum Gasteiger partial charge on any atom is -0.465 e. The molecule has 0 aliphatic carbocycles. The first-order chi connectivity index (χ1) is 13.1. The number of benzene rings is 3. The molecule has 134 valence electrons. The first-order valence-electron chi connectivity index (χ1n) is 8.35. The van der Waals surface area contributed by atoms with Gasteiger partial charge < -0.3 is 4.74 Å². The minimum absolute atomic E-state index is 0.226. The minimum atomic E-state index is -0.567. The van der Waals surface area contributed by atoms with Gasteiger partial charge in [-0.25, -0.2) is 4.79 Å². The molecule has 0 unspecified atom stereocenters. The molecule has 4 heteroatoms. The molecular formula is C23H17ClO3. The second-order valence-electron chi connectivity index (χ2n) is 5.81. The number of carbonyl (C=O) groups is 2. The fourth-order valence-electron chi connectivity index (χ4n) is 2.81. The Balaban J connectivity index is 2.30. The van der Waals surface area contributed by atoms with Crippen LogP contribution in [0.3, 0.4) is 0 Å². The zero-order valence-electron chi connectivity index (χ0n) is 14.7. The van der Waals surface area contributed by atoms with E-state index in [1.54, 1.807) is 48.5 Å². The van der Waals surface area contributed by atoms with E-state index < -0.39 is 5.97 Å². The lowest BCUT2D eigenvalue weighted by atomic mass is 9.89. The van der Waals surface area contributed by atoms with Crippen molar-refractivity contribution in [2.75, 3.05) is 7.11 Å². The third-order valence-corrected chi connectivity index (χ3v) is 4.35. The Kier molecular flexibility index (Phi) is 5.84. The molecule has 0 N–H and O–H groups in total. The van der Waals surface area contributed by atoms with E-state index in [1.165, 1.54) is 7.11 Å². The summed E-state index contributed by atoms with van der Waals surface area (Å²) in [5.74, 6) is -0.843. The van der Waals surface area contributed by atoms with Crippen LogP contribution in [0.25, 0.3) is 11.1 Å². The average Bonchev–Trinajstić information content (AvgIpc) is 2.72. The second kappa shape index (κ2) is 8.47. The van der Waals surface area contributed by atoms with E-state index in [0.29, 0.717) is 21.7 Å². The third kappa shape index (κ3) is 4.15. The van der Waals surface area contributed by atoms with Crippen LogP contribution in [-0.4, -0.2) is 18.9 Å². The fourth-order valence-corrected chi connectivity index (χ4v) is 2.94. The van der Waals surface area contributed by atoms with Crippen molar-refractivity contribution in [1.82, 2.24) is 0 Å². The van der Waals surface area contributed by atoms with Gasteiger partial charge >= 0.3 is 5.97 Å². The third-order valence-electron chi connectivity index (χ3n) is 4.10. The normalized spacial score (nSPS) is 11.5. The molecule has 0 radical (unpaired) electrons. The van der Waals surface area contributed by atoms with Gasteiger partial charge in [-0.05, 0) is 35.4 Å². The number of allylic oxidation sites excluding steroid dienone is 1. The van der Waals surface area contributed by atoms with Crippen LogP contribution in [0.15, 0.2) is 84.9 Å². The number of Topliss-reactive ketones (excluding diaryl/α,β-unsaturated/α-hetero) is 1. The molecule has 0 heterocycles. The van der Waals surface area contributed by atoms with Crippen LogP contribution in [0.2, 0.25) is 5.02 Å². The second-order valence-corrected chi connectivity index (χ2v) is 6.25. The number of rotatable bonds is 5. The quantitative estimate of drug-likeness (QED) is 0.262. The molecule has 3 aromatic carbocycles. The largest absolute Gasteiger partial charge is 0.465 e. The molecule has 0 saturated carbocycles. The number of esters is 1. The van der Waals surface area contributed by atoms with Crippen LogP contribution in [0, 0.1) is 0 Å². The van der Waals surface area contributed by atoms with Crippen molar-refractivity contribution in [3.63, 3.8) is 0 Å². The van der Waals surface area contributed by atoms with Crippen LogP contribution in [0.1, 0.15) is 21.5 Å². The van der Waals surface area contributed by atoms with Crippen molar-refractivity contribution in [2.45, 2.75) is 0 Å². The Hall–Kier alpha value is -3.17. The molecule has 0 amide bonds. The molecule has 3 aromatic rings. The lowest BCUT2D eigenvalue weighted by molar-refractivity contribution is -0.133. The van der Waals surface area contributed by atoms with Crippen molar-refractivity contribution < 1.29 is 14.3 Å². The molecule has 0 fully saturated rings. The molecular weight excluding hydrogens is 360 g/mol. The number of ether oxygens (including phenoxy) is 1.